The normalized spacial score (nSPS) is 10.8. The number of carbonyl (C=O) groups is 2. The zero-order valence-electron chi connectivity index (χ0n) is 8.09. The smallest absolute Gasteiger partial charge is 0.475 e. The van der Waals surface area contributed by atoms with E-state index in [1.54, 1.807) is 0 Å². The minimum atomic E-state index is -4.76. The van der Waals surface area contributed by atoms with Gasteiger partial charge in [-0.25, -0.2) is 9.36 Å². The van der Waals surface area contributed by atoms with E-state index in [9.17, 15) is 22.6 Å². The SMILES string of the molecule is C=C(OP(=O)(O)O)C(=O)O.O=CCS(=O)(=O)O. The van der Waals surface area contributed by atoms with E-state index in [1.165, 1.54) is 0 Å². The van der Waals surface area contributed by atoms with Crippen LogP contribution in [0.15, 0.2) is 12.3 Å². The Morgan fingerprint density at radius 1 is 1.41 bits per heavy atom. The first-order valence-corrected chi connectivity index (χ1v) is 6.59. The molecule has 0 amide bonds. The summed E-state index contributed by atoms with van der Waals surface area (Å²) in [6.45, 7) is 2.73. The van der Waals surface area contributed by atoms with E-state index in [0.717, 1.165) is 0 Å². The van der Waals surface area contributed by atoms with Crippen molar-refractivity contribution in [2.24, 2.45) is 0 Å². The van der Waals surface area contributed by atoms with E-state index in [0.29, 0.717) is 0 Å². The molecule has 0 bridgehead atoms. The zero-order chi connectivity index (χ0) is 14.3. The van der Waals surface area contributed by atoms with Crippen LogP contribution in [0.1, 0.15) is 0 Å². The second-order valence-corrected chi connectivity index (χ2v) is 4.89. The topological polar surface area (TPSA) is 176 Å². The van der Waals surface area contributed by atoms with Gasteiger partial charge in [-0.15, -0.1) is 0 Å². The molecule has 10 nitrogen and oxygen atoms in total. The van der Waals surface area contributed by atoms with E-state index in [-0.39, 0.29) is 6.29 Å². The van der Waals surface area contributed by atoms with Gasteiger partial charge in [-0.2, -0.15) is 8.42 Å². The second kappa shape index (κ2) is 7.14. The van der Waals surface area contributed by atoms with Crippen molar-refractivity contribution in [3.8, 4) is 0 Å². The maximum atomic E-state index is 9.89. The molecule has 0 unspecified atom stereocenters. The van der Waals surface area contributed by atoms with Gasteiger partial charge in [-0.1, -0.05) is 0 Å². The molecule has 100 valence electrons. The van der Waals surface area contributed by atoms with Gasteiger partial charge in [0.25, 0.3) is 10.1 Å². The minimum absolute atomic E-state index is 0.120. The highest BCUT2D eigenvalue weighted by Gasteiger charge is 2.19. The van der Waals surface area contributed by atoms with Crippen molar-refractivity contribution in [2.45, 2.75) is 0 Å². The molecule has 0 aliphatic heterocycles. The first kappa shape index (κ1) is 18.1. The number of aldehydes is 1. The Balaban J connectivity index is 0. The molecule has 0 saturated carbocycles. The molecule has 0 spiro atoms. The van der Waals surface area contributed by atoms with Crippen molar-refractivity contribution in [2.75, 3.05) is 5.75 Å². The average Bonchev–Trinajstić information content (AvgIpc) is 1.98. The predicted molar refractivity (Wildman–Crippen MR) is 52.4 cm³/mol. The van der Waals surface area contributed by atoms with Crippen molar-refractivity contribution < 1.29 is 46.5 Å². The lowest BCUT2D eigenvalue weighted by Gasteiger charge is -2.03. The lowest BCUT2D eigenvalue weighted by atomic mass is 10.6. The van der Waals surface area contributed by atoms with Crippen molar-refractivity contribution in [1.82, 2.24) is 0 Å². The molecule has 0 aromatic carbocycles. The van der Waals surface area contributed by atoms with E-state index in [4.69, 9.17) is 19.4 Å². The fourth-order valence-corrected chi connectivity index (χ4v) is 0.806. The van der Waals surface area contributed by atoms with Gasteiger partial charge in [0.15, 0.2) is 0 Å². The predicted octanol–water partition coefficient (Wildman–Crippen LogP) is -1.23. The first-order chi connectivity index (χ1) is 7.39. The third-order valence-corrected chi connectivity index (χ3v) is 1.76. The molecule has 0 aromatic heterocycles. The van der Waals surface area contributed by atoms with Gasteiger partial charge in [0.05, 0.1) is 0 Å². The maximum absolute atomic E-state index is 9.89. The standard InChI is InChI=1S/C3H5O6P.C2H4O4S/c1-2(3(4)5)9-10(6,7)8;3-1-2-7(4,5)6/h1H2,(H,4,5)(H2,6,7,8);1H,2H2,(H,4,5,6). The summed E-state index contributed by atoms with van der Waals surface area (Å²) in [5.41, 5.74) is 0. The quantitative estimate of drug-likeness (QED) is 0.158. The summed E-state index contributed by atoms with van der Waals surface area (Å²) in [4.78, 5) is 35.1. The highest BCUT2D eigenvalue weighted by atomic mass is 32.2. The molecule has 0 fully saturated rings. The fourth-order valence-electron chi connectivity index (χ4n) is 0.269. The summed E-state index contributed by atoms with van der Waals surface area (Å²) in [7, 11) is -8.80. The summed E-state index contributed by atoms with van der Waals surface area (Å²) < 4.78 is 40.3. The van der Waals surface area contributed by atoms with Crippen LogP contribution in [0.25, 0.3) is 0 Å². The number of phosphoric acid groups is 1. The molecule has 0 atom stereocenters. The summed E-state index contributed by atoms with van der Waals surface area (Å²) in [6.07, 6.45) is 0.120. The Kier molecular flexibility index (Phi) is 7.61. The van der Waals surface area contributed by atoms with Gasteiger partial charge in [-0.05, 0) is 6.58 Å². The van der Waals surface area contributed by atoms with Gasteiger partial charge < -0.3 is 14.4 Å². The van der Waals surface area contributed by atoms with E-state index in [2.05, 4.69) is 11.1 Å². The van der Waals surface area contributed by atoms with Crippen LogP contribution in [0.3, 0.4) is 0 Å². The number of hydrogen-bond acceptors (Lipinski definition) is 6. The van der Waals surface area contributed by atoms with Crippen LogP contribution in [0.2, 0.25) is 0 Å². The van der Waals surface area contributed by atoms with Gasteiger partial charge in [-0.3, -0.25) is 14.3 Å². The second-order valence-electron chi connectivity index (χ2n) is 2.23. The number of hydrogen-bond donors (Lipinski definition) is 4. The summed E-state index contributed by atoms with van der Waals surface area (Å²) >= 11 is 0. The van der Waals surface area contributed by atoms with Crippen LogP contribution in [0.5, 0.6) is 0 Å². The van der Waals surface area contributed by atoms with Crippen molar-refractivity contribution >= 4 is 30.2 Å². The van der Waals surface area contributed by atoms with Gasteiger partial charge in [0.1, 0.15) is 12.0 Å². The molecule has 0 saturated heterocycles. The Bertz CT molecular complexity index is 430. The number of rotatable bonds is 5. The molecule has 0 aromatic rings. The Hall–Kier alpha value is -1.26. The first-order valence-electron chi connectivity index (χ1n) is 3.45. The van der Waals surface area contributed by atoms with Gasteiger partial charge >= 0.3 is 13.8 Å². The Morgan fingerprint density at radius 3 is 1.88 bits per heavy atom. The number of phosphoric ester groups is 1. The Labute approximate surface area is 95.5 Å². The molecule has 4 N–H and O–H groups in total. The third kappa shape index (κ3) is 17.4. The highest BCUT2D eigenvalue weighted by Crippen LogP contribution is 2.38. The average molecular weight is 292 g/mol. The molecule has 0 aliphatic rings. The molecule has 0 aliphatic carbocycles. The molecule has 0 rings (SSSR count). The number of carboxylic acid groups (broad SMARTS) is 1. The van der Waals surface area contributed by atoms with Crippen LogP contribution < -0.4 is 0 Å². The van der Waals surface area contributed by atoms with Crippen molar-refractivity contribution in [1.29, 1.82) is 0 Å². The maximum Gasteiger partial charge on any atom is 0.525 e. The third-order valence-electron chi connectivity index (χ3n) is 0.746. The van der Waals surface area contributed by atoms with E-state index in [1.807, 2.05) is 0 Å². The van der Waals surface area contributed by atoms with E-state index >= 15 is 0 Å². The van der Waals surface area contributed by atoms with Gasteiger partial charge in [0, 0.05) is 0 Å². The highest BCUT2D eigenvalue weighted by molar-refractivity contribution is 7.86. The number of aliphatic carboxylic acids is 1. The lowest BCUT2D eigenvalue weighted by Crippen LogP contribution is -2.03. The van der Waals surface area contributed by atoms with Crippen molar-refractivity contribution in [3.63, 3.8) is 0 Å². The van der Waals surface area contributed by atoms with Crippen molar-refractivity contribution in [3.05, 3.63) is 12.3 Å². The van der Waals surface area contributed by atoms with Crippen LogP contribution in [-0.4, -0.2) is 45.9 Å². The molecule has 0 heterocycles. The Morgan fingerprint density at radius 2 is 1.82 bits per heavy atom. The molecule has 12 heteroatoms. The van der Waals surface area contributed by atoms with Crippen LogP contribution in [0.4, 0.5) is 0 Å². The molecular formula is C5H9O10PS. The minimum Gasteiger partial charge on any atom is -0.475 e. The summed E-state index contributed by atoms with van der Waals surface area (Å²) in [6, 6.07) is 0. The fraction of sp³-hybridized carbons (Fsp3) is 0.200. The summed E-state index contributed by atoms with van der Waals surface area (Å²) in [5, 5.41) is 7.98. The molecule has 17 heavy (non-hydrogen) atoms. The van der Waals surface area contributed by atoms with E-state index < -0.39 is 35.4 Å². The molecule has 0 radical (unpaired) electrons. The zero-order valence-corrected chi connectivity index (χ0v) is 9.80. The summed E-state index contributed by atoms with van der Waals surface area (Å²) in [5.74, 6) is -3.40. The lowest BCUT2D eigenvalue weighted by molar-refractivity contribution is -0.135. The van der Waals surface area contributed by atoms with Crippen LogP contribution >= 0.6 is 7.82 Å². The largest absolute Gasteiger partial charge is 0.525 e. The number of carbonyl (C=O) groups excluding carboxylic acids is 1. The van der Waals surface area contributed by atoms with Crippen LogP contribution in [0, 0.1) is 0 Å². The monoisotopic (exact) mass is 292 g/mol. The molecular weight excluding hydrogens is 283 g/mol. The van der Waals surface area contributed by atoms with Crippen LogP contribution in [-0.2, 0) is 28.8 Å². The van der Waals surface area contributed by atoms with Gasteiger partial charge in [0.2, 0.25) is 5.76 Å². The number of carboxylic acids is 1.